The van der Waals surface area contributed by atoms with Crippen LogP contribution in [-0.2, 0) is 0 Å². The van der Waals surface area contributed by atoms with E-state index in [0.717, 1.165) is 22.2 Å². The molecule has 0 fully saturated rings. The Morgan fingerprint density at radius 1 is 1.00 bits per heavy atom. The SMILES string of the molecule is Cc1ccc2c(-c3ccc4cccc(Cl)c4n3)c[nH]c2c1C. The zero-order valence-corrected chi connectivity index (χ0v) is 13.2. The lowest BCUT2D eigenvalue weighted by molar-refractivity contribution is 1.34. The predicted octanol–water partition coefficient (Wildman–Crippen LogP) is 5.65. The minimum Gasteiger partial charge on any atom is -0.360 e. The number of nitrogens with zero attached hydrogens (tertiary/aromatic N) is 1. The van der Waals surface area contributed by atoms with E-state index in [4.69, 9.17) is 16.6 Å². The van der Waals surface area contributed by atoms with Crippen molar-refractivity contribution in [3.63, 3.8) is 0 Å². The summed E-state index contributed by atoms with van der Waals surface area (Å²) in [6.07, 6.45) is 2.03. The maximum Gasteiger partial charge on any atom is 0.0895 e. The van der Waals surface area contributed by atoms with E-state index in [0.29, 0.717) is 5.02 Å². The van der Waals surface area contributed by atoms with Gasteiger partial charge in [-0.25, -0.2) is 4.98 Å². The van der Waals surface area contributed by atoms with Gasteiger partial charge in [0.15, 0.2) is 0 Å². The van der Waals surface area contributed by atoms with Gasteiger partial charge in [-0.15, -0.1) is 0 Å². The molecule has 4 aromatic rings. The molecule has 3 heteroatoms. The molecule has 2 aromatic heterocycles. The van der Waals surface area contributed by atoms with Gasteiger partial charge in [0.2, 0.25) is 0 Å². The Bertz CT molecular complexity index is 1010. The molecule has 108 valence electrons. The lowest BCUT2D eigenvalue weighted by Gasteiger charge is -2.05. The summed E-state index contributed by atoms with van der Waals surface area (Å²) in [6.45, 7) is 4.27. The van der Waals surface area contributed by atoms with E-state index in [2.05, 4.69) is 43.1 Å². The third-order valence-electron chi connectivity index (χ3n) is 4.33. The average molecular weight is 307 g/mol. The van der Waals surface area contributed by atoms with Crippen molar-refractivity contribution in [2.75, 3.05) is 0 Å². The lowest BCUT2D eigenvalue weighted by atomic mass is 10.0. The number of aromatic nitrogens is 2. The van der Waals surface area contributed by atoms with E-state index in [-0.39, 0.29) is 0 Å². The summed E-state index contributed by atoms with van der Waals surface area (Å²) in [5, 5.41) is 2.94. The molecule has 22 heavy (non-hydrogen) atoms. The van der Waals surface area contributed by atoms with Crippen LogP contribution in [0, 0.1) is 13.8 Å². The summed E-state index contributed by atoms with van der Waals surface area (Å²) >= 11 is 6.28. The smallest absolute Gasteiger partial charge is 0.0895 e. The van der Waals surface area contributed by atoms with Crippen molar-refractivity contribution in [3.8, 4) is 11.3 Å². The number of halogens is 1. The summed E-state index contributed by atoms with van der Waals surface area (Å²) in [7, 11) is 0. The van der Waals surface area contributed by atoms with E-state index in [1.54, 1.807) is 0 Å². The number of benzene rings is 2. The molecule has 0 aliphatic carbocycles. The van der Waals surface area contributed by atoms with Crippen molar-refractivity contribution in [1.82, 2.24) is 9.97 Å². The fourth-order valence-corrected chi connectivity index (χ4v) is 3.15. The van der Waals surface area contributed by atoms with E-state index < -0.39 is 0 Å². The Hall–Kier alpha value is -2.32. The topological polar surface area (TPSA) is 28.7 Å². The van der Waals surface area contributed by atoms with Crippen LogP contribution < -0.4 is 0 Å². The van der Waals surface area contributed by atoms with Crippen molar-refractivity contribution < 1.29 is 0 Å². The third-order valence-corrected chi connectivity index (χ3v) is 4.64. The molecule has 2 aromatic carbocycles. The van der Waals surface area contributed by atoms with E-state index in [1.165, 1.54) is 22.0 Å². The van der Waals surface area contributed by atoms with Gasteiger partial charge < -0.3 is 4.98 Å². The van der Waals surface area contributed by atoms with Crippen molar-refractivity contribution in [1.29, 1.82) is 0 Å². The van der Waals surface area contributed by atoms with Crippen molar-refractivity contribution >= 4 is 33.4 Å². The molecule has 0 bridgehead atoms. The molecule has 0 aliphatic rings. The number of aromatic amines is 1. The van der Waals surface area contributed by atoms with Crippen molar-refractivity contribution in [3.05, 3.63) is 64.8 Å². The van der Waals surface area contributed by atoms with E-state index >= 15 is 0 Å². The van der Waals surface area contributed by atoms with Crippen LogP contribution in [0.4, 0.5) is 0 Å². The Kier molecular flexibility index (Phi) is 2.95. The van der Waals surface area contributed by atoms with Gasteiger partial charge in [-0.3, -0.25) is 0 Å². The molecule has 0 saturated carbocycles. The molecule has 1 N–H and O–H groups in total. The molecule has 0 amide bonds. The van der Waals surface area contributed by atoms with Gasteiger partial charge in [-0.1, -0.05) is 41.9 Å². The molecule has 0 saturated heterocycles. The highest BCUT2D eigenvalue weighted by Gasteiger charge is 2.11. The minimum atomic E-state index is 0.686. The summed E-state index contributed by atoms with van der Waals surface area (Å²) in [6, 6.07) is 14.3. The first-order chi connectivity index (χ1) is 10.6. The second-order valence-corrected chi connectivity index (χ2v) is 6.05. The predicted molar refractivity (Wildman–Crippen MR) is 93.5 cm³/mol. The molecular formula is C19H15ClN2. The maximum atomic E-state index is 6.28. The average Bonchev–Trinajstić information content (AvgIpc) is 2.96. The second kappa shape index (κ2) is 4.85. The Labute approximate surface area is 133 Å². The van der Waals surface area contributed by atoms with Gasteiger partial charge in [0.1, 0.15) is 0 Å². The highest BCUT2D eigenvalue weighted by Crippen LogP contribution is 2.32. The van der Waals surface area contributed by atoms with Crippen LogP contribution in [0.2, 0.25) is 5.02 Å². The Balaban J connectivity index is 1.99. The molecular weight excluding hydrogens is 292 g/mol. The highest BCUT2D eigenvalue weighted by molar-refractivity contribution is 6.35. The first-order valence-electron chi connectivity index (χ1n) is 7.28. The molecule has 0 aliphatic heterocycles. The summed E-state index contributed by atoms with van der Waals surface area (Å²) in [4.78, 5) is 8.15. The highest BCUT2D eigenvalue weighted by atomic mass is 35.5. The fourth-order valence-electron chi connectivity index (χ4n) is 2.92. The minimum absolute atomic E-state index is 0.686. The standard InChI is InChI=1S/C19H15ClN2/c1-11-6-8-14-15(10-21-18(14)12(11)2)17-9-7-13-4-3-5-16(20)19(13)22-17/h3-10,21H,1-2H3. The fraction of sp³-hybridized carbons (Fsp3) is 0.105. The lowest BCUT2D eigenvalue weighted by Crippen LogP contribution is -1.86. The van der Waals surface area contributed by atoms with Crippen LogP contribution in [0.25, 0.3) is 33.1 Å². The second-order valence-electron chi connectivity index (χ2n) is 5.64. The van der Waals surface area contributed by atoms with Crippen molar-refractivity contribution in [2.45, 2.75) is 13.8 Å². The van der Waals surface area contributed by atoms with Crippen LogP contribution in [0.5, 0.6) is 0 Å². The Morgan fingerprint density at radius 3 is 2.73 bits per heavy atom. The molecule has 0 radical (unpaired) electrons. The molecule has 2 nitrogen and oxygen atoms in total. The van der Waals surface area contributed by atoms with Crippen LogP contribution in [0.1, 0.15) is 11.1 Å². The number of fused-ring (bicyclic) bond motifs is 2. The number of rotatable bonds is 1. The van der Waals surface area contributed by atoms with Gasteiger partial charge in [-0.2, -0.15) is 0 Å². The number of H-pyrrole nitrogens is 1. The maximum absolute atomic E-state index is 6.28. The number of para-hydroxylation sites is 1. The number of hydrogen-bond donors (Lipinski definition) is 1. The van der Waals surface area contributed by atoms with Gasteiger partial charge >= 0.3 is 0 Å². The number of pyridine rings is 1. The normalized spacial score (nSPS) is 11.4. The van der Waals surface area contributed by atoms with Gasteiger partial charge in [0.25, 0.3) is 0 Å². The van der Waals surface area contributed by atoms with Crippen LogP contribution in [0.15, 0.2) is 48.7 Å². The summed E-state index contributed by atoms with van der Waals surface area (Å²) in [5.41, 5.74) is 6.64. The van der Waals surface area contributed by atoms with E-state index in [1.807, 2.05) is 24.4 Å². The molecule has 4 rings (SSSR count). The van der Waals surface area contributed by atoms with Gasteiger partial charge in [0, 0.05) is 28.0 Å². The zero-order valence-electron chi connectivity index (χ0n) is 12.4. The summed E-state index contributed by atoms with van der Waals surface area (Å²) in [5.74, 6) is 0. The molecule has 2 heterocycles. The number of aryl methyl sites for hydroxylation is 2. The Morgan fingerprint density at radius 2 is 1.86 bits per heavy atom. The quantitative estimate of drug-likeness (QED) is 0.483. The van der Waals surface area contributed by atoms with Crippen LogP contribution in [-0.4, -0.2) is 9.97 Å². The number of nitrogens with one attached hydrogen (secondary N) is 1. The van der Waals surface area contributed by atoms with E-state index in [9.17, 15) is 0 Å². The molecule has 0 unspecified atom stereocenters. The van der Waals surface area contributed by atoms with Crippen molar-refractivity contribution in [2.24, 2.45) is 0 Å². The molecule has 0 atom stereocenters. The zero-order chi connectivity index (χ0) is 15.3. The summed E-state index contributed by atoms with van der Waals surface area (Å²) < 4.78 is 0. The molecule has 0 spiro atoms. The van der Waals surface area contributed by atoms with Crippen LogP contribution >= 0.6 is 11.6 Å². The monoisotopic (exact) mass is 306 g/mol. The van der Waals surface area contributed by atoms with Gasteiger partial charge in [0.05, 0.1) is 16.2 Å². The number of hydrogen-bond acceptors (Lipinski definition) is 1. The van der Waals surface area contributed by atoms with Gasteiger partial charge in [-0.05, 0) is 37.1 Å². The third kappa shape index (κ3) is 1.92. The largest absolute Gasteiger partial charge is 0.360 e. The first-order valence-corrected chi connectivity index (χ1v) is 7.66. The first kappa shape index (κ1) is 13.4. The van der Waals surface area contributed by atoms with Crippen LogP contribution in [0.3, 0.4) is 0 Å².